The molecule has 1 N–H and O–H groups in total. The first-order valence-corrected chi connectivity index (χ1v) is 8.34. The maximum Gasteiger partial charge on any atom is 0.244 e. The van der Waals surface area contributed by atoms with E-state index in [0.717, 1.165) is 25.3 Å². The standard InChI is InChI=1S/C15H20N2OS/c18-14-15(6-7-15)16-13(12-5-8-19-10-12)17(14)9-11-3-1-2-4-11/h5,8,10-11,13,16H,1-4,6-7,9H2. The molecule has 1 saturated heterocycles. The van der Waals surface area contributed by atoms with Crippen molar-refractivity contribution < 1.29 is 4.79 Å². The Morgan fingerprint density at radius 2 is 2.16 bits per heavy atom. The van der Waals surface area contributed by atoms with Gasteiger partial charge in [0.1, 0.15) is 11.7 Å². The minimum atomic E-state index is -0.189. The van der Waals surface area contributed by atoms with Crippen LogP contribution in [0.25, 0.3) is 0 Å². The average Bonchev–Trinajstić information content (AvgIpc) is 2.86. The smallest absolute Gasteiger partial charge is 0.244 e. The lowest BCUT2D eigenvalue weighted by molar-refractivity contribution is -0.131. The van der Waals surface area contributed by atoms with Crippen LogP contribution in [0.2, 0.25) is 0 Å². The SMILES string of the molecule is O=C1N(CC2CCCC2)C(c2ccsc2)NC12CC2. The van der Waals surface area contributed by atoms with Gasteiger partial charge in [-0.05, 0) is 54.0 Å². The summed E-state index contributed by atoms with van der Waals surface area (Å²) >= 11 is 1.72. The van der Waals surface area contributed by atoms with Crippen LogP contribution in [0.1, 0.15) is 50.3 Å². The second-order valence-corrected chi connectivity index (χ2v) is 7.07. The highest BCUT2D eigenvalue weighted by Gasteiger charge is 2.59. The quantitative estimate of drug-likeness (QED) is 0.920. The molecule has 2 heterocycles. The number of thiophene rings is 1. The lowest BCUT2D eigenvalue weighted by Gasteiger charge is -2.26. The number of hydrogen-bond donors (Lipinski definition) is 1. The Morgan fingerprint density at radius 1 is 1.37 bits per heavy atom. The molecule has 0 aromatic carbocycles. The molecule has 1 aromatic heterocycles. The number of rotatable bonds is 3. The Bertz CT molecular complexity index is 474. The monoisotopic (exact) mass is 276 g/mol. The van der Waals surface area contributed by atoms with Crippen LogP contribution in [-0.4, -0.2) is 22.9 Å². The maximum absolute atomic E-state index is 12.6. The van der Waals surface area contributed by atoms with E-state index in [0.29, 0.717) is 5.91 Å². The van der Waals surface area contributed by atoms with E-state index in [1.807, 2.05) is 0 Å². The summed E-state index contributed by atoms with van der Waals surface area (Å²) in [6.45, 7) is 0.952. The summed E-state index contributed by atoms with van der Waals surface area (Å²) in [4.78, 5) is 14.8. The van der Waals surface area contributed by atoms with Crippen molar-refractivity contribution in [2.75, 3.05) is 6.54 Å². The van der Waals surface area contributed by atoms with Gasteiger partial charge in [-0.25, -0.2) is 0 Å². The summed E-state index contributed by atoms with van der Waals surface area (Å²) < 4.78 is 0. The molecule has 4 rings (SSSR count). The molecule has 1 aromatic rings. The van der Waals surface area contributed by atoms with Crippen molar-refractivity contribution in [3.8, 4) is 0 Å². The number of nitrogens with one attached hydrogen (secondary N) is 1. The molecule has 1 atom stereocenters. The average molecular weight is 276 g/mol. The molecule has 4 heteroatoms. The van der Waals surface area contributed by atoms with E-state index in [1.54, 1.807) is 11.3 Å². The topological polar surface area (TPSA) is 32.3 Å². The van der Waals surface area contributed by atoms with Gasteiger partial charge in [-0.15, -0.1) is 0 Å². The Balaban J connectivity index is 1.58. The van der Waals surface area contributed by atoms with Gasteiger partial charge in [0.25, 0.3) is 0 Å². The molecule has 1 unspecified atom stereocenters. The third kappa shape index (κ3) is 1.93. The lowest BCUT2D eigenvalue weighted by atomic mass is 10.1. The van der Waals surface area contributed by atoms with Gasteiger partial charge in [-0.3, -0.25) is 10.1 Å². The Kier molecular flexibility index (Phi) is 2.71. The van der Waals surface area contributed by atoms with Crippen LogP contribution in [0, 0.1) is 5.92 Å². The fraction of sp³-hybridized carbons (Fsp3) is 0.667. The Labute approximate surface area is 118 Å². The molecule has 102 valence electrons. The summed E-state index contributed by atoms with van der Waals surface area (Å²) in [7, 11) is 0. The predicted octanol–water partition coefficient (Wildman–Crippen LogP) is 2.90. The van der Waals surface area contributed by atoms with Gasteiger partial charge in [0.2, 0.25) is 5.91 Å². The van der Waals surface area contributed by atoms with E-state index in [2.05, 4.69) is 27.0 Å². The molecule has 3 fully saturated rings. The zero-order chi connectivity index (χ0) is 12.9. The van der Waals surface area contributed by atoms with Crippen LogP contribution in [0.5, 0.6) is 0 Å². The first-order valence-electron chi connectivity index (χ1n) is 7.39. The fourth-order valence-electron chi connectivity index (χ4n) is 3.63. The summed E-state index contributed by atoms with van der Waals surface area (Å²) in [5.41, 5.74) is 1.07. The van der Waals surface area contributed by atoms with Crippen LogP contribution < -0.4 is 5.32 Å². The van der Waals surface area contributed by atoms with Crippen LogP contribution in [0.3, 0.4) is 0 Å². The normalized spacial score (nSPS) is 29.6. The van der Waals surface area contributed by atoms with Crippen LogP contribution >= 0.6 is 11.3 Å². The number of carbonyl (C=O) groups excluding carboxylic acids is 1. The van der Waals surface area contributed by atoms with Crippen LogP contribution in [0.4, 0.5) is 0 Å². The fourth-order valence-corrected chi connectivity index (χ4v) is 4.31. The van der Waals surface area contributed by atoms with Gasteiger partial charge in [0.05, 0.1) is 0 Å². The number of nitrogens with zero attached hydrogens (tertiary/aromatic N) is 1. The van der Waals surface area contributed by atoms with Gasteiger partial charge in [-0.1, -0.05) is 12.8 Å². The van der Waals surface area contributed by atoms with Gasteiger partial charge in [0.15, 0.2) is 0 Å². The molecule has 0 radical (unpaired) electrons. The van der Waals surface area contributed by atoms with E-state index < -0.39 is 0 Å². The molecule has 1 amide bonds. The molecular formula is C15H20N2OS. The minimum Gasteiger partial charge on any atom is -0.321 e. The van der Waals surface area contributed by atoms with Gasteiger partial charge < -0.3 is 4.90 Å². The summed E-state index contributed by atoms with van der Waals surface area (Å²) in [6, 6.07) is 2.15. The number of hydrogen-bond acceptors (Lipinski definition) is 3. The molecule has 3 aliphatic rings. The van der Waals surface area contributed by atoms with E-state index in [9.17, 15) is 4.79 Å². The maximum atomic E-state index is 12.6. The van der Waals surface area contributed by atoms with Crippen molar-refractivity contribution in [1.82, 2.24) is 10.2 Å². The third-order valence-corrected chi connectivity index (χ3v) is 5.63. The van der Waals surface area contributed by atoms with E-state index in [1.165, 1.54) is 31.2 Å². The minimum absolute atomic E-state index is 0.127. The highest BCUT2D eigenvalue weighted by Crippen LogP contribution is 2.46. The summed E-state index contributed by atoms with van der Waals surface area (Å²) in [6.07, 6.45) is 7.45. The molecule has 1 spiro atoms. The van der Waals surface area contributed by atoms with Crippen molar-refractivity contribution in [3.63, 3.8) is 0 Å². The third-order valence-electron chi connectivity index (χ3n) is 4.93. The molecular weight excluding hydrogens is 256 g/mol. The van der Waals surface area contributed by atoms with Crippen LogP contribution in [-0.2, 0) is 4.79 Å². The molecule has 3 nitrogen and oxygen atoms in total. The van der Waals surface area contributed by atoms with Crippen molar-refractivity contribution in [3.05, 3.63) is 22.4 Å². The van der Waals surface area contributed by atoms with E-state index in [4.69, 9.17) is 0 Å². The van der Waals surface area contributed by atoms with Gasteiger partial charge >= 0.3 is 0 Å². The van der Waals surface area contributed by atoms with Crippen molar-refractivity contribution in [2.24, 2.45) is 5.92 Å². The number of carbonyl (C=O) groups is 1. The van der Waals surface area contributed by atoms with Gasteiger partial charge in [0, 0.05) is 6.54 Å². The molecule has 2 aliphatic carbocycles. The van der Waals surface area contributed by atoms with Crippen LogP contribution in [0.15, 0.2) is 16.8 Å². The zero-order valence-electron chi connectivity index (χ0n) is 11.1. The largest absolute Gasteiger partial charge is 0.321 e. The van der Waals surface area contributed by atoms with Crippen molar-refractivity contribution in [2.45, 2.75) is 50.2 Å². The Morgan fingerprint density at radius 3 is 2.79 bits per heavy atom. The first-order chi connectivity index (χ1) is 9.28. The summed E-state index contributed by atoms with van der Waals surface area (Å²) in [5.74, 6) is 1.08. The molecule has 0 bridgehead atoms. The highest BCUT2D eigenvalue weighted by molar-refractivity contribution is 7.07. The Hall–Kier alpha value is -0.870. The molecule has 1 aliphatic heterocycles. The highest BCUT2D eigenvalue weighted by atomic mass is 32.1. The predicted molar refractivity (Wildman–Crippen MR) is 75.8 cm³/mol. The second-order valence-electron chi connectivity index (χ2n) is 6.29. The molecule has 19 heavy (non-hydrogen) atoms. The van der Waals surface area contributed by atoms with E-state index >= 15 is 0 Å². The van der Waals surface area contributed by atoms with E-state index in [-0.39, 0.29) is 11.7 Å². The van der Waals surface area contributed by atoms with Gasteiger partial charge in [-0.2, -0.15) is 11.3 Å². The first kappa shape index (κ1) is 11.9. The lowest BCUT2D eigenvalue weighted by Crippen LogP contribution is -2.35. The van der Waals surface area contributed by atoms with Crippen molar-refractivity contribution >= 4 is 17.2 Å². The zero-order valence-corrected chi connectivity index (χ0v) is 11.9. The molecule has 2 saturated carbocycles. The summed E-state index contributed by atoms with van der Waals surface area (Å²) in [5, 5.41) is 7.88. The van der Waals surface area contributed by atoms with Crippen molar-refractivity contribution in [1.29, 1.82) is 0 Å². The second kappa shape index (κ2) is 4.32. The number of amides is 1.